The first-order valence-corrected chi connectivity index (χ1v) is 3.98. The molecule has 0 saturated carbocycles. The van der Waals surface area contributed by atoms with Crippen molar-refractivity contribution in [2.75, 3.05) is 7.11 Å². The van der Waals surface area contributed by atoms with Crippen molar-refractivity contribution < 1.29 is 17.9 Å². The van der Waals surface area contributed by atoms with E-state index < -0.39 is 24.4 Å². The average Bonchev–Trinajstić information content (AvgIpc) is 2.20. The summed E-state index contributed by atoms with van der Waals surface area (Å²) in [5, 5.41) is 8.36. The van der Waals surface area contributed by atoms with Crippen LogP contribution in [0.2, 0.25) is 0 Å². The highest BCUT2D eigenvalue weighted by Gasteiger charge is 2.19. The van der Waals surface area contributed by atoms with Gasteiger partial charge in [0.1, 0.15) is 0 Å². The zero-order valence-corrected chi connectivity index (χ0v) is 7.80. The van der Waals surface area contributed by atoms with Crippen LogP contribution in [0.5, 0.6) is 5.88 Å². The zero-order valence-electron chi connectivity index (χ0n) is 7.80. The predicted molar refractivity (Wildman–Crippen MR) is 45.0 cm³/mol. The summed E-state index contributed by atoms with van der Waals surface area (Å²) >= 11 is 0. The summed E-state index contributed by atoms with van der Waals surface area (Å²) in [5.74, 6) is -1.32. The van der Waals surface area contributed by atoms with Crippen molar-refractivity contribution in [3.63, 3.8) is 0 Å². The van der Waals surface area contributed by atoms with Crippen LogP contribution in [0.1, 0.15) is 17.6 Å². The fourth-order valence-electron chi connectivity index (χ4n) is 1.09. The second-order valence-corrected chi connectivity index (χ2v) is 2.66. The molecule has 0 aliphatic rings. The number of hydrogen-bond donors (Lipinski definition) is 0. The van der Waals surface area contributed by atoms with Crippen molar-refractivity contribution in [3.05, 3.63) is 23.1 Å². The van der Waals surface area contributed by atoms with E-state index in [9.17, 15) is 13.2 Å². The first-order chi connectivity index (χ1) is 7.10. The Balaban J connectivity index is 3.30. The van der Waals surface area contributed by atoms with Crippen LogP contribution in [0.25, 0.3) is 0 Å². The molecule has 80 valence electrons. The van der Waals surface area contributed by atoms with Gasteiger partial charge in [-0.15, -0.1) is 0 Å². The Bertz CT molecular complexity index is 401. The van der Waals surface area contributed by atoms with Crippen LogP contribution in [0, 0.1) is 17.3 Å². The highest BCUT2D eigenvalue weighted by Crippen LogP contribution is 2.27. The molecule has 1 aromatic rings. The molecule has 0 bridgehead atoms. The molecule has 0 fully saturated rings. The fourth-order valence-corrected chi connectivity index (χ4v) is 1.09. The van der Waals surface area contributed by atoms with Crippen molar-refractivity contribution in [1.29, 1.82) is 5.26 Å². The number of pyridine rings is 1. The van der Waals surface area contributed by atoms with Crippen molar-refractivity contribution in [2.45, 2.75) is 12.8 Å². The highest BCUT2D eigenvalue weighted by atomic mass is 19.3. The van der Waals surface area contributed by atoms with Gasteiger partial charge in [-0.1, -0.05) is 0 Å². The molecule has 0 unspecified atom stereocenters. The molecule has 0 amide bonds. The van der Waals surface area contributed by atoms with Gasteiger partial charge in [-0.05, 0) is 0 Å². The standard InChI is InChI=1S/C9H7F3N2O/c1-15-7-4-6(8(10)11)5(2-3-13)9(12)14-7/h4,8H,2H2,1H3. The molecule has 1 aromatic heterocycles. The number of ether oxygens (including phenoxy) is 1. The van der Waals surface area contributed by atoms with E-state index in [1.165, 1.54) is 7.11 Å². The molecule has 0 spiro atoms. The first-order valence-electron chi connectivity index (χ1n) is 3.98. The quantitative estimate of drug-likeness (QED) is 0.728. The van der Waals surface area contributed by atoms with Gasteiger partial charge < -0.3 is 4.74 Å². The van der Waals surface area contributed by atoms with Crippen LogP contribution in [-0.4, -0.2) is 12.1 Å². The second-order valence-electron chi connectivity index (χ2n) is 2.66. The van der Waals surface area contributed by atoms with E-state index in [1.807, 2.05) is 0 Å². The molecule has 0 aliphatic heterocycles. The monoisotopic (exact) mass is 216 g/mol. The van der Waals surface area contributed by atoms with Crippen molar-refractivity contribution >= 4 is 0 Å². The maximum atomic E-state index is 13.2. The molecule has 0 N–H and O–H groups in total. The van der Waals surface area contributed by atoms with Crippen molar-refractivity contribution in [2.24, 2.45) is 0 Å². The van der Waals surface area contributed by atoms with E-state index in [2.05, 4.69) is 9.72 Å². The largest absolute Gasteiger partial charge is 0.481 e. The van der Waals surface area contributed by atoms with Gasteiger partial charge in [-0.2, -0.15) is 14.6 Å². The SMILES string of the molecule is COc1cc(C(F)F)c(CC#N)c(F)n1. The predicted octanol–water partition coefficient (Wildman–Crippen LogP) is 2.23. The van der Waals surface area contributed by atoms with E-state index >= 15 is 0 Å². The first kappa shape index (κ1) is 11.3. The minimum atomic E-state index is -2.86. The minimum absolute atomic E-state index is 0.232. The molecular formula is C9H7F3N2O. The minimum Gasteiger partial charge on any atom is -0.481 e. The molecule has 6 heteroatoms. The molecule has 0 radical (unpaired) electrons. The normalized spacial score (nSPS) is 10.1. The fraction of sp³-hybridized carbons (Fsp3) is 0.333. The van der Waals surface area contributed by atoms with Gasteiger partial charge in [0, 0.05) is 17.2 Å². The van der Waals surface area contributed by atoms with Crippen LogP contribution in [-0.2, 0) is 6.42 Å². The molecule has 15 heavy (non-hydrogen) atoms. The summed E-state index contributed by atoms with van der Waals surface area (Å²) < 4.78 is 42.7. The maximum Gasteiger partial charge on any atom is 0.264 e. The molecule has 3 nitrogen and oxygen atoms in total. The van der Waals surface area contributed by atoms with E-state index in [0.717, 1.165) is 6.07 Å². The smallest absolute Gasteiger partial charge is 0.264 e. The summed E-state index contributed by atoms with van der Waals surface area (Å²) in [7, 11) is 1.20. The second kappa shape index (κ2) is 4.64. The lowest BCUT2D eigenvalue weighted by Gasteiger charge is -2.08. The van der Waals surface area contributed by atoms with Crippen LogP contribution < -0.4 is 4.74 Å². The van der Waals surface area contributed by atoms with E-state index in [1.54, 1.807) is 6.07 Å². The van der Waals surface area contributed by atoms with Gasteiger partial charge in [0.25, 0.3) is 6.43 Å². The Morgan fingerprint density at radius 3 is 2.73 bits per heavy atom. The third-order valence-electron chi connectivity index (χ3n) is 1.78. The number of halogens is 3. The highest BCUT2D eigenvalue weighted by molar-refractivity contribution is 5.33. The third-order valence-corrected chi connectivity index (χ3v) is 1.78. The van der Waals surface area contributed by atoms with Crippen LogP contribution in [0.15, 0.2) is 6.07 Å². The summed E-state index contributed by atoms with van der Waals surface area (Å²) in [6, 6.07) is 2.53. The molecule has 0 saturated heterocycles. The van der Waals surface area contributed by atoms with Gasteiger partial charge in [-0.25, -0.2) is 8.78 Å². The molecule has 0 aliphatic carbocycles. The van der Waals surface area contributed by atoms with E-state index in [4.69, 9.17) is 5.26 Å². The zero-order chi connectivity index (χ0) is 11.4. The summed E-state index contributed by atoms with van der Waals surface area (Å²) in [6.45, 7) is 0. The number of nitriles is 1. The van der Waals surface area contributed by atoms with Gasteiger partial charge >= 0.3 is 0 Å². The number of alkyl halides is 2. The Morgan fingerprint density at radius 2 is 2.27 bits per heavy atom. The van der Waals surface area contributed by atoms with Gasteiger partial charge in [-0.3, -0.25) is 0 Å². The lowest BCUT2D eigenvalue weighted by Crippen LogP contribution is -2.03. The molecule has 1 rings (SSSR count). The van der Waals surface area contributed by atoms with E-state index in [0.29, 0.717) is 0 Å². The van der Waals surface area contributed by atoms with Gasteiger partial charge in [0.05, 0.1) is 19.6 Å². The Kier molecular flexibility index (Phi) is 3.50. The lowest BCUT2D eigenvalue weighted by molar-refractivity contribution is 0.149. The Labute approximate surface area is 84.1 Å². The molecule has 0 atom stereocenters. The number of aromatic nitrogens is 1. The maximum absolute atomic E-state index is 13.2. The van der Waals surface area contributed by atoms with Crippen molar-refractivity contribution in [1.82, 2.24) is 4.98 Å². The summed E-state index contributed by atoms with van der Waals surface area (Å²) in [5.41, 5.74) is -0.936. The third kappa shape index (κ3) is 2.37. The van der Waals surface area contributed by atoms with Crippen LogP contribution >= 0.6 is 0 Å². The number of rotatable bonds is 3. The van der Waals surface area contributed by atoms with Gasteiger partial charge in [0.15, 0.2) is 0 Å². The molecule has 1 heterocycles. The Hall–Kier alpha value is -1.77. The topological polar surface area (TPSA) is 45.9 Å². The van der Waals surface area contributed by atoms with E-state index in [-0.39, 0.29) is 11.4 Å². The Morgan fingerprint density at radius 1 is 1.60 bits per heavy atom. The summed E-state index contributed by atoms with van der Waals surface area (Å²) in [4.78, 5) is 3.28. The average molecular weight is 216 g/mol. The molecular weight excluding hydrogens is 209 g/mol. The van der Waals surface area contributed by atoms with Gasteiger partial charge in [0.2, 0.25) is 11.8 Å². The number of nitrogens with zero attached hydrogens (tertiary/aromatic N) is 2. The summed E-state index contributed by atoms with van der Waals surface area (Å²) in [6.07, 6.45) is -3.30. The molecule has 0 aromatic carbocycles. The number of hydrogen-bond acceptors (Lipinski definition) is 3. The number of methoxy groups -OCH3 is 1. The van der Waals surface area contributed by atoms with Crippen LogP contribution in [0.3, 0.4) is 0 Å². The van der Waals surface area contributed by atoms with Crippen molar-refractivity contribution in [3.8, 4) is 11.9 Å². The lowest BCUT2D eigenvalue weighted by atomic mass is 10.1. The van der Waals surface area contributed by atoms with Crippen LogP contribution in [0.4, 0.5) is 13.2 Å².